The van der Waals surface area contributed by atoms with E-state index in [0.717, 1.165) is 16.5 Å². The van der Waals surface area contributed by atoms with Gasteiger partial charge < -0.3 is 5.32 Å². The molecule has 0 saturated heterocycles. The highest BCUT2D eigenvalue weighted by molar-refractivity contribution is 7.15. The Labute approximate surface area is 85.6 Å². The summed E-state index contributed by atoms with van der Waals surface area (Å²) in [6.45, 7) is 4.73. The van der Waals surface area contributed by atoms with Gasteiger partial charge in [0.2, 0.25) is 0 Å². The molecule has 0 aliphatic heterocycles. The molecule has 2 aromatic heterocycles. The highest BCUT2D eigenvalue weighted by Gasteiger charge is 2.03. The van der Waals surface area contributed by atoms with E-state index >= 15 is 0 Å². The van der Waals surface area contributed by atoms with Gasteiger partial charge in [-0.3, -0.25) is 0 Å². The molecule has 0 spiro atoms. The van der Waals surface area contributed by atoms with Gasteiger partial charge in [-0.05, 0) is 13.8 Å². The Morgan fingerprint density at radius 2 is 2.36 bits per heavy atom. The van der Waals surface area contributed by atoms with Gasteiger partial charge in [0.25, 0.3) is 0 Å². The molecule has 0 atom stereocenters. The molecular formula is C8H11N5S. The van der Waals surface area contributed by atoms with Crippen molar-refractivity contribution in [3.63, 3.8) is 0 Å². The first-order chi connectivity index (χ1) is 6.75. The van der Waals surface area contributed by atoms with Crippen molar-refractivity contribution in [2.45, 2.75) is 20.4 Å². The summed E-state index contributed by atoms with van der Waals surface area (Å²) in [7, 11) is 0. The molecule has 6 heteroatoms. The van der Waals surface area contributed by atoms with Crippen LogP contribution in [-0.4, -0.2) is 20.4 Å². The maximum Gasteiger partial charge on any atom is 0.183 e. The number of nitrogens with one attached hydrogen (secondary N) is 2. The molecule has 2 heterocycles. The largest absolute Gasteiger partial charge is 0.356 e. The second-order valence-electron chi connectivity index (χ2n) is 2.98. The smallest absolute Gasteiger partial charge is 0.183 e. The van der Waals surface area contributed by atoms with Crippen LogP contribution in [0.1, 0.15) is 16.3 Å². The monoisotopic (exact) mass is 209 g/mol. The van der Waals surface area contributed by atoms with Crippen LogP contribution in [-0.2, 0) is 6.54 Å². The SMILES string of the molecule is Cc1nc(NCc2cn[nH]n2)sc1C. The van der Waals surface area contributed by atoms with Crippen molar-refractivity contribution in [2.24, 2.45) is 0 Å². The molecule has 0 aliphatic rings. The fraction of sp³-hybridized carbons (Fsp3) is 0.375. The van der Waals surface area contributed by atoms with E-state index in [1.54, 1.807) is 17.5 Å². The van der Waals surface area contributed by atoms with Crippen molar-refractivity contribution in [2.75, 3.05) is 5.32 Å². The number of rotatable bonds is 3. The molecule has 74 valence electrons. The van der Waals surface area contributed by atoms with Gasteiger partial charge in [0.1, 0.15) is 5.69 Å². The maximum absolute atomic E-state index is 4.36. The zero-order chi connectivity index (χ0) is 9.97. The fourth-order valence-electron chi connectivity index (χ4n) is 1.03. The first-order valence-electron chi connectivity index (χ1n) is 4.28. The minimum absolute atomic E-state index is 0.656. The Morgan fingerprint density at radius 3 is 2.93 bits per heavy atom. The van der Waals surface area contributed by atoms with E-state index in [0.29, 0.717) is 6.54 Å². The van der Waals surface area contributed by atoms with E-state index in [4.69, 9.17) is 0 Å². The van der Waals surface area contributed by atoms with Crippen molar-refractivity contribution >= 4 is 16.5 Å². The molecule has 5 nitrogen and oxygen atoms in total. The number of hydrogen-bond donors (Lipinski definition) is 2. The topological polar surface area (TPSA) is 66.5 Å². The Bertz CT molecular complexity index is 386. The lowest BCUT2D eigenvalue weighted by molar-refractivity contribution is 0.910. The van der Waals surface area contributed by atoms with Crippen molar-refractivity contribution < 1.29 is 0 Å². The Hall–Kier alpha value is -1.43. The first-order valence-corrected chi connectivity index (χ1v) is 5.10. The molecule has 0 aromatic carbocycles. The lowest BCUT2D eigenvalue weighted by Gasteiger charge is -1.96. The molecule has 0 fully saturated rings. The van der Waals surface area contributed by atoms with Gasteiger partial charge in [0.05, 0.1) is 18.4 Å². The molecule has 2 N–H and O–H groups in total. The van der Waals surface area contributed by atoms with Crippen LogP contribution in [0.2, 0.25) is 0 Å². The first kappa shape index (κ1) is 9.14. The Morgan fingerprint density at radius 1 is 1.50 bits per heavy atom. The van der Waals surface area contributed by atoms with Crippen molar-refractivity contribution in [3.05, 3.63) is 22.5 Å². The van der Waals surface area contributed by atoms with Gasteiger partial charge in [-0.2, -0.15) is 15.4 Å². The van der Waals surface area contributed by atoms with Gasteiger partial charge in [0, 0.05) is 4.88 Å². The number of nitrogens with zero attached hydrogens (tertiary/aromatic N) is 3. The molecular weight excluding hydrogens is 198 g/mol. The normalized spacial score (nSPS) is 10.4. The number of aryl methyl sites for hydroxylation is 2. The maximum atomic E-state index is 4.36. The molecule has 14 heavy (non-hydrogen) atoms. The third-order valence-corrected chi connectivity index (χ3v) is 2.94. The number of H-pyrrole nitrogens is 1. The summed E-state index contributed by atoms with van der Waals surface area (Å²) in [5, 5.41) is 14.4. The summed E-state index contributed by atoms with van der Waals surface area (Å²) in [4.78, 5) is 5.60. The van der Waals surface area contributed by atoms with Crippen LogP contribution in [0.15, 0.2) is 6.20 Å². The fourth-order valence-corrected chi connectivity index (χ4v) is 1.84. The lowest BCUT2D eigenvalue weighted by Crippen LogP contribution is -1.99. The number of aromatic amines is 1. The van der Waals surface area contributed by atoms with Gasteiger partial charge in [-0.1, -0.05) is 0 Å². The van der Waals surface area contributed by atoms with E-state index in [2.05, 4.69) is 32.6 Å². The second-order valence-corrected chi connectivity index (χ2v) is 4.18. The predicted molar refractivity (Wildman–Crippen MR) is 55.3 cm³/mol. The number of anilines is 1. The molecule has 0 aliphatic carbocycles. The van der Waals surface area contributed by atoms with Crippen LogP contribution in [0, 0.1) is 13.8 Å². The molecule has 2 aromatic rings. The molecule has 0 amide bonds. The quantitative estimate of drug-likeness (QED) is 0.803. The lowest BCUT2D eigenvalue weighted by atomic mass is 10.4. The third-order valence-electron chi connectivity index (χ3n) is 1.91. The third kappa shape index (κ3) is 1.90. The average molecular weight is 209 g/mol. The summed E-state index contributed by atoms with van der Waals surface area (Å²) < 4.78 is 0. The van der Waals surface area contributed by atoms with Crippen molar-refractivity contribution in [1.82, 2.24) is 20.4 Å². The summed E-state index contributed by atoms with van der Waals surface area (Å²) >= 11 is 1.66. The highest BCUT2D eigenvalue weighted by Crippen LogP contribution is 2.21. The van der Waals surface area contributed by atoms with Crippen LogP contribution in [0.25, 0.3) is 0 Å². The standard InChI is InChI=1S/C8H11N5S/c1-5-6(2)14-8(11-5)9-3-7-4-10-13-12-7/h4H,3H2,1-2H3,(H,9,11)(H,10,12,13). The minimum Gasteiger partial charge on any atom is -0.356 e. The van der Waals surface area contributed by atoms with Crippen LogP contribution in [0.4, 0.5) is 5.13 Å². The predicted octanol–water partition coefficient (Wildman–Crippen LogP) is 1.49. The zero-order valence-electron chi connectivity index (χ0n) is 8.03. The van der Waals surface area contributed by atoms with Gasteiger partial charge >= 0.3 is 0 Å². The molecule has 2 rings (SSSR count). The van der Waals surface area contributed by atoms with Crippen LogP contribution < -0.4 is 5.32 Å². The van der Waals surface area contributed by atoms with E-state index in [1.807, 2.05) is 6.92 Å². The van der Waals surface area contributed by atoms with Gasteiger partial charge in [-0.15, -0.1) is 11.3 Å². The van der Waals surface area contributed by atoms with Crippen LogP contribution >= 0.6 is 11.3 Å². The minimum atomic E-state index is 0.656. The van der Waals surface area contributed by atoms with Crippen molar-refractivity contribution in [1.29, 1.82) is 0 Å². The second kappa shape index (κ2) is 3.75. The number of thiazole rings is 1. The van der Waals surface area contributed by atoms with E-state index in [9.17, 15) is 0 Å². The molecule has 0 radical (unpaired) electrons. The summed E-state index contributed by atoms with van der Waals surface area (Å²) in [5.74, 6) is 0. The summed E-state index contributed by atoms with van der Waals surface area (Å²) in [6.07, 6.45) is 1.69. The summed E-state index contributed by atoms with van der Waals surface area (Å²) in [5.41, 5.74) is 1.97. The van der Waals surface area contributed by atoms with Gasteiger partial charge in [-0.25, -0.2) is 4.98 Å². The highest BCUT2D eigenvalue weighted by atomic mass is 32.1. The van der Waals surface area contributed by atoms with Crippen molar-refractivity contribution in [3.8, 4) is 0 Å². The molecule has 0 saturated carbocycles. The van der Waals surface area contributed by atoms with E-state index < -0.39 is 0 Å². The Balaban J connectivity index is 1.98. The van der Waals surface area contributed by atoms with Crippen LogP contribution in [0.5, 0.6) is 0 Å². The van der Waals surface area contributed by atoms with Crippen LogP contribution in [0.3, 0.4) is 0 Å². The van der Waals surface area contributed by atoms with E-state index in [-0.39, 0.29) is 0 Å². The summed E-state index contributed by atoms with van der Waals surface area (Å²) in [6, 6.07) is 0. The number of hydrogen-bond acceptors (Lipinski definition) is 5. The Kier molecular flexibility index (Phi) is 2.45. The number of aromatic nitrogens is 4. The van der Waals surface area contributed by atoms with Gasteiger partial charge in [0.15, 0.2) is 5.13 Å². The molecule has 0 bridgehead atoms. The average Bonchev–Trinajstić information content (AvgIpc) is 2.74. The molecule has 0 unspecified atom stereocenters. The van der Waals surface area contributed by atoms with E-state index in [1.165, 1.54) is 4.88 Å². The zero-order valence-corrected chi connectivity index (χ0v) is 8.85.